The van der Waals surface area contributed by atoms with E-state index in [2.05, 4.69) is 11.1 Å². The molecule has 0 spiro atoms. The van der Waals surface area contributed by atoms with Crippen molar-refractivity contribution in [1.29, 1.82) is 5.26 Å². The van der Waals surface area contributed by atoms with Crippen molar-refractivity contribution >= 4 is 22.5 Å². The topological polar surface area (TPSA) is 60.2 Å². The summed E-state index contributed by atoms with van der Waals surface area (Å²) >= 11 is 0. The molecule has 4 rings (SSSR count). The normalized spacial score (nSPS) is 25.9. The van der Waals surface area contributed by atoms with Crippen LogP contribution in [-0.2, 0) is 0 Å². The number of aromatic nitrogens is 1. The number of pyridine rings is 1. The Morgan fingerprint density at radius 3 is 2.50 bits per heavy atom. The van der Waals surface area contributed by atoms with E-state index in [9.17, 15) is 23.2 Å². The minimum Gasteiger partial charge on any atom is -0.318 e. The van der Waals surface area contributed by atoms with Crippen LogP contribution in [0.1, 0.15) is 25.7 Å². The third kappa shape index (κ3) is 3.15. The van der Waals surface area contributed by atoms with Crippen molar-refractivity contribution in [3.05, 3.63) is 36.7 Å². The summed E-state index contributed by atoms with van der Waals surface area (Å²) in [6, 6.07) is 8.33. The molecule has 2 aliphatic rings. The number of carbonyl (C=O) groups excluding carboxylic acids is 1. The Bertz CT molecular complexity index is 926. The van der Waals surface area contributed by atoms with E-state index < -0.39 is 18.1 Å². The van der Waals surface area contributed by atoms with E-state index in [-0.39, 0.29) is 31.5 Å². The van der Waals surface area contributed by atoms with Gasteiger partial charge in [0.1, 0.15) is 6.04 Å². The number of fused-ring (bicyclic) bond motifs is 1. The number of alkyl halides is 3. The highest BCUT2D eigenvalue weighted by Crippen LogP contribution is 2.40. The first-order valence-corrected chi connectivity index (χ1v) is 9.29. The van der Waals surface area contributed by atoms with Crippen LogP contribution in [0.2, 0.25) is 0 Å². The molecule has 0 radical (unpaired) electrons. The number of nitriles is 1. The van der Waals surface area contributed by atoms with Gasteiger partial charge < -0.3 is 4.90 Å². The number of carbonyl (C=O) groups is 1. The maximum absolute atomic E-state index is 13.1. The Labute approximate surface area is 160 Å². The molecule has 1 atom stereocenters. The second-order valence-electron chi connectivity index (χ2n) is 7.38. The molecular weight excluding hydrogens is 369 g/mol. The van der Waals surface area contributed by atoms with E-state index in [1.54, 1.807) is 17.3 Å². The summed E-state index contributed by atoms with van der Waals surface area (Å²) in [6.45, 7) is 0.194. The molecule has 1 aliphatic carbocycles. The molecule has 1 saturated heterocycles. The first-order valence-electron chi connectivity index (χ1n) is 9.29. The third-order valence-corrected chi connectivity index (χ3v) is 5.79. The van der Waals surface area contributed by atoms with E-state index in [1.165, 1.54) is 4.90 Å². The van der Waals surface area contributed by atoms with Gasteiger partial charge in [0.25, 0.3) is 0 Å². The van der Waals surface area contributed by atoms with E-state index in [0.717, 1.165) is 10.8 Å². The number of hydrogen-bond acceptors (Lipinski definition) is 3. The van der Waals surface area contributed by atoms with Crippen LogP contribution in [0.25, 0.3) is 10.8 Å². The second kappa shape index (κ2) is 6.97. The van der Waals surface area contributed by atoms with Crippen molar-refractivity contribution in [2.24, 2.45) is 5.92 Å². The summed E-state index contributed by atoms with van der Waals surface area (Å²) < 4.78 is 38.8. The van der Waals surface area contributed by atoms with Gasteiger partial charge in [0.15, 0.2) is 0 Å². The predicted molar refractivity (Wildman–Crippen MR) is 97.5 cm³/mol. The Morgan fingerprint density at radius 1 is 1.11 bits per heavy atom. The van der Waals surface area contributed by atoms with Gasteiger partial charge in [-0.25, -0.2) is 4.79 Å². The van der Waals surface area contributed by atoms with Crippen LogP contribution in [0.15, 0.2) is 36.7 Å². The van der Waals surface area contributed by atoms with Gasteiger partial charge in [-0.1, -0.05) is 24.3 Å². The summed E-state index contributed by atoms with van der Waals surface area (Å²) in [7, 11) is 0. The summed E-state index contributed by atoms with van der Waals surface area (Å²) in [4.78, 5) is 20.3. The highest BCUT2D eigenvalue weighted by Gasteiger charge is 2.46. The maximum atomic E-state index is 13.1. The van der Waals surface area contributed by atoms with Crippen molar-refractivity contribution in [2.75, 3.05) is 11.4 Å². The summed E-state index contributed by atoms with van der Waals surface area (Å²) in [5, 5.41) is 11.3. The van der Waals surface area contributed by atoms with Crippen LogP contribution in [0.5, 0.6) is 0 Å². The van der Waals surface area contributed by atoms with E-state index >= 15 is 0 Å². The SMILES string of the molecule is N#CC1CN([C@H]2CC[C@H](C(F)(F)F)CC2)C(=O)N1c1cncc2ccccc12. The smallest absolute Gasteiger partial charge is 0.318 e. The number of amides is 2. The van der Waals surface area contributed by atoms with Crippen molar-refractivity contribution < 1.29 is 18.0 Å². The number of halogens is 3. The Kier molecular flexibility index (Phi) is 4.61. The molecule has 0 bridgehead atoms. The molecule has 28 heavy (non-hydrogen) atoms. The van der Waals surface area contributed by atoms with Gasteiger partial charge in [-0.05, 0) is 25.7 Å². The Balaban J connectivity index is 1.59. The molecule has 2 heterocycles. The number of hydrogen-bond donors (Lipinski definition) is 0. The highest BCUT2D eigenvalue weighted by molar-refractivity contribution is 6.04. The quantitative estimate of drug-likeness (QED) is 0.762. The molecule has 0 N–H and O–H groups in total. The van der Waals surface area contributed by atoms with Gasteiger partial charge in [0, 0.05) is 23.0 Å². The predicted octanol–water partition coefficient (Wildman–Crippen LogP) is 4.49. The molecule has 1 aliphatic heterocycles. The van der Waals surface area contributed by atoms with Gasteiger partial charge in [-0.2, -0.15) is 18.4 Å². The molecule has 146 valence electrons. The number of benzene rings is 1. The molecule has 2 amide bonds. The molecule has 1 aromatic heterocycles. The van der Waals surface area contributed by atoms with Crippen LogP contribution in [0.4, 0.5) is 23.7 Å². The van der Waals surface area contributed by atoms with Gasteiger partial charge in [-0.3, -0.25) is 9.88 Å². The highest BCUT2D eigenvalue weighted by atomic mass is 19.4. The fraction of sp³-hybridized carbons (Fsp3) is 0.450. The van der Waals surface area contributed by atoms with Crippen LogP contribution in [0.3, 0.4) is 0 Å². The number of rotatable bonds is 2. The van der Waals surface area contributed by atoms with Crippen molar-refractivity contribution in [3.63, 3.8) is 0 Å². The monoisotopic (exact) mass is 388 g/mol. The molecule has 1 aromatic carbocycles. The zero-order chi connectivity index (χ0) is 19.9. The Hall–Kier alpha value is -2.82. The average Bonchev–Trinajstić information content (AvgIpc) is 3.03. The standard InChI is InChI=1S/C20H19F3N4O/c21-20(22,23)14-5-7-15(8-6-14)26-12-16(9-24)27(19(26)28)18-11-25-10-13-3-1-2-4-17(13)18/h1-4,10-11,14-16H,5-8,12H2/t14-,15-,16?. The number of urea groups is 1. The fourth-order valence-corrected chi connectivity index (χ4v) is 4.30. The van der Waals surface area contributed by atoms with Crippen LogP contribution >= 0.6 is 0 Å². The number of anilines is 1. The largest absolute Gasteiger partial charge is 0.391 e. The van der Waals surface area contributed by atoms with Gasteiger partial charge in [0.2, 0.25) is 0 Å². The summed E-state index contributed by atoms with van der Waals surface area (Å²) in [6.07, 6.45) is -0.289. The van der Waals surface area contributed by atoms with Gasteiger partial charge >= 0.3 is 12.2 Å². The van der Waals surface area contributed by atoms with E-state index in [0.29, 0.717) is 18.5 Å². The minimum absolute atomic E-state index is 0.0188. The lowest BCUT2D eigenvalue weighted by Crippen LogP contribution is -2.43. The maximum Gasteiger partial charge on any atom is 0.391 e. The number of nitrogens with zero attached hydrogens (tertiary/aromatic N) is 4. The van der Waals surface area contributed by atoms with Crippen LogP contribution < -0.4 is 4.90 Å². The molecule has 8 heteroatoms. The first kappa shape index (κ1) is 18.5. The molecule has 1 saturated carbocycles. The summed E-state index contributed by atoms with van der Waals surface area (Å²) in [5.74, 6) is -1.30. The lowest BCUT2D eigenvalue weighted by molar-refractivity contribution is -0.183. The van der Waals surface area contributed by atoms with Crippen molar-refractivity contribution in [2.45, 2.75) is 43.9 Å². The van der Waals surface area contributed by atoms with Gasteiger partial charge in [-0.15, -0.1) is 0 Å². The molecule has 1 unspecified atom stereocenters. The molecule has 2 fully saturated rings. The molecular formula is C20H19F3N4O. The zero-order valence-corrected chi connectivity index (χ0v) is 15.1. The van der Waals surface area contributed by atoms with Crippen LogP contribution in [0, 0.1) is 17.2 Å². The summed E-state index contributed by atoms with van der Waals surface area (Å²) in [5.41, 5.74) is 0.557. The van der Waals surface area contributed by atoms with Crippen molar-refractivity contribution in [3.8, 4) is 6.07 Å². The third-order valence-electron chi connectivity index (χ3n) is 5.79. The van der Waals surface area contributed by atoms with E-state index in [4.69, 9.17) is 0 Å². The minimum atomic E-state index is -4.18. The molecule has 2 aromatic rings. The first-order chi connectivity index (χ1) is 13.4. The van der Waals surface area contributed by atoms with Crippen molar-refractivity contribution in [1.82, 2.24) is 9.88 Å². The lowest BCUT2D eigenvalue weighted by Gasteiger charge is -2.34. The van der Waals surface area contributed by atoms with Gasteiger partial charge in [0.05, 0.1) is 30.4 Å². The lowest BCUT2D eigenvalue weighted by atomic mass is 9.85. The fourth-order valence-electron chi connectivity index (χ4n) is 4.30. The van der Waals surface area contributed by atoms with E-state index in [1.807, 2.05) is 24.3 Å². The molecule has 5 nitrogen and oxygen atoms in total. The Morgan fingerprint density at radius 2 is 1.82 bits per heavy atom. The zero-order valence-electron chi connectivity index (χ0n) is 15.1. The van der Waals surface area contributed by atoms with Crippen LogP contribution in [-0.4, -0.2) is 40.7 Å². The average molecular weight is 388 g/mol. The second-order valence-corrected chi connectivity index (χ2v) is 7.38.